The maximum Gasteiger partial charge on any atom is 0.350 e. The zero-order chi connectivity index (χ0) is 13.1. The maximum atomic E-state index is 10.7. The first kappa shape index (κ1) is 15.2. The summed E-state index contributed by atoms with van der Waals surface area (Å²) in [6, 6.07) is 0. The number of nitrogens with zero attached hydrogens (tertiary/aromatic N) is 1. The largest absolute Gasteiger partial charge is 0.501 e. The lowest BCUT2D eigenvalue weighted by atomic mass is 10.2. The van der Waals surface area contributed by atoms with Crippen LogP contribution in [0.1, 0.15) is 26.7 Å². The smallest absolute Gasteiger partial charge is 0.350 e. The molecule has 0 atom stereocenters. The molecule has 0 aromatic heterocycles. The van der Waals surface area contributed by atoms with Crippen molar-refractivity contribution < 1.29 is 14.6 Å². The van der Waals surface area contributed by atoms with E-state index in [1.54, 1.807) is 25.3 Å². The molecule has 4 nitrogen and oxygen atoms in total. The molecular weight excluding hydrogens is 218 g/mol. The van der Waals surface area contributed by atoms with Crippen molar-refractivity contribution in [3.8, 4) is 0 Å². The zero-order valence-corrected chi connectivity index (χ0v) is 10.5. The standard InChI is InChI=1S/C11H13NO3.C2H6/c1-15-9-5-2-3-7-10(11(13)14)12-8-4-6-9;1-2/h2-5,8H,6-7H2,1H3,(H,13,14);1-2H3/b3-2-,8-4-,9-5+,12-10?;. The summed E-state index contributed by atoms with van der Waals surface area (Å²) in [6.07, 6.45) is 9.51. The summed E-state index contributed by atoms with van der Waals surface area (Å²) in [5.74, 6) is -0.169. The van der Waals surface area contributed by atoms with Gasteiger partial charge in [0.05, 0.1) is 12.9 Å². The van der Waals surface area contributed by atoms with Gasteiger partial charge in [-0.2, -0.15) is 0 Å². The topological polar surface area (TPSA) is 58.9 Å². The first-order chi connectivity index (χ1) is 8.24. The van der Waals surface area contributed by atoms with Gasteiger partial charge in [0.2, 0.25) is 0 Å². The molecule has 0 fully saturated rings. The van der Waals surface area contributed by atoms with E-state index in [0.29, 0.717) is 12.8 Å². The predicted molar refractivity (Wildman–Crippen MR) is 69.0 cm³/mol. The summed E-state index contributed by atoms with van der Waals surface area (Å²) >= 11 is 0. The van der Waals surface area contributed by atoms with Crippen molar-refractivity contribution in [3.63, 3.8) is 0 Å². The van der Waals surface area contributed by atoms with Gasteiger partial charge in [0.1, 0.15) is 5.71 Å². The highest BCUT2D eigenvalue weighted by Gasteiger charge is 2.05. The molecule has 1 aliphatic rings. The molecule has 0 aromatic carbocycles. The van der Waals surface area contributed by atoms with Crippen molar-refractivity contribution in [2.45, 2.75) is 26.7 Å². The number of carbonyl (C=O) groups is 1. The van der Waals surface area contributed by atoms with Gasteiger partial charge >= 0.3 is 5.97 Å². The Morgan fingerprint density at radius 3 is 2.65 bits per heavy atom. The number of aliphatic carboxylic acids is 1. The molecule has 0 radical (unpaired) electrons. The van der Waals surface area contributed by atoms with Gasteiger partial charge < -0.3 is 9.84 Å². The summed E-state index contributed by atoms with van der Waals surface area (Å²) in [7, 11) is 1.60. The van der Waals surface area contributed by atoms with Gasteiger partial charge in [-0.1, -0.05) is 32.1 Å². The van der Waals surface area contributed by atoms with Gasteiger partial charge in [-0.15, -0.1) is 0 Å². The second kappa shape index (κ2) is 9.39. The molecular formula is C13H19NO3. The van der Waals surface area contributed by atoms with Gasteiger partial charge in [0.15, 0.2) is 0 Å². The van der Waals surface area contributed by atoms with Crippen LogP contribution in [0.5, 0.6) is 0 Å². The van der Waals surface area contributed by atoms with Crippen LogP contribution < -0.4 is 0 Å². The summed E-state index contributed by atoms with van der Waals surface area (Å²) in [5, 5.41) is 8.78. The van der Waals surface area contributed by atoms with E-state index in [1.807, 2.05) is 19.9 Å². The number of allylic oxidation sites excluding steroid dienone is 4. The van der Waals surface area contributed by atoms with Crippen molar-refractivity contribution in [3.05, 3.63) is 36.3 Å². The lowest BCUT2D eigenvalue weighted by Gasteiger charge is -2.01. The Morgan fingerprint density at radius 2 is 2.06 bits per heavy atom. The summed E-state index contributed by atoms with van der Waals surface area (Å²) in [6.45, 7) is 4.00. The van der Waals surface area contributed by atoms with Crippen molar-refractivity contribution >= 4 is 11.7 Å². The average Bonchev–Trinajstić information content (AvgIpc) is 2.37. The van der Waals surface area contributed by atoms with Crippen LogP contribution >= 0.6 is 0 Å². The molecule has 0 unspecified atom stereocenters. The molecule has 1 rings (SSSR count). The van der Waals surface area contributed by atoms with Crippen molar-refractivity contribution in [2.75, 3.05) is 7.11 Å². The fraction of sp³-hybridized carbons (Fsp3) is 0.385. The van der Waals surface area contributed by atoms with Crippen molar-refractivity contribution in [1.82, 2.24) is 0 Å². The first-order valence-corrected chi connectivity index (χ1v) is 5.58. The van der Waals surface area contributed by atoms with Gasteiger partial charge in [0, 0.05) is 19.0 Å². The van der Waals surface area contributed by atoms with Gasteiger partial charge in [-0.25, -0.2) is 4.79 Å². The summed E-state index contributed by atoms with van der Waals surface area (Å²) in [4.78, 5) is 14.6. The Kier molecular flexibility index (Phi) is 8.37. The highest BCUT2D eigenvalue weighted by molar-refractivity contribution is 6.36. The van der Waals surface area contributed by atoms with E-state index in [2.05, 4.69) is 4.99 Å². The summed E-state index contributed by atoms with van der Waals surface area (Å²) < 4.78 is 5.09. The number of rotatable bonds is 2. The molecule has 1 N–H and O–H groups in total. The fourth-order valence-electron chi connectivity index (χ4n) is 1.08. The van der Waals surface area contributed by atoms with Gasteiger partial charge in [0.25, 0.3) is 0 Å². The second-order valence-corrected chi connectivity index (χ2v) is 2.94. The van der Waals surface area contributed by atoms with Gasteiger partial charge in [-0.3, -0.25) is 4.99 Å². The highest BCUT2D eigenvalue weighted by Crippen LogP contribution is 2.05. The van der Waals surface area contributed by atoms with Crippen LogP contribution in [0.25, 0.3) is 0 Å². The molecule has 94 valence electrons. The lowest BCUT2D eigenvalue weighted by molar-refractivity contribution is -0.129. The van der Waals surface area contributed by atoms with E-state index in [-0.39, 0.29) is 5.71 Å². The average molecular weight is 237 g/mol. The molecule has 4 heteroatoms. The molecule has 1 aliphatic heterocycles. The van der Waals surface area contributed by atoms with E-state index in [1.165, 1.54) is 6.20 Å². The van der Waals surface area contributed by atoms with E-state index in [4.69, 9.17) is 9.84 Å². The number of carboxylic acid groups (broad SMARTS) is 1. The van der Waals surface area contributed by atoms with Crippen LogP contribution in [-0.2, 0) is 9.53 Å². The molecule has 0 aromatic rings. The molecule has 17 heavy (non-hydrogen) atoms. The first-order valence-electron chi connectivity index (χ1n) is 5.58. The summed E-state index contributed by atoms with van der Waals surface area (Å²) in [5.41, 5.74) is 0.136. The quantitative estimate of drug-likeness (QED) is 0.803. The third kappa shape index (κ3) is 6.35. The molecule has 0 saturated carbocycles. The highest BCUT2D eigenvalue weighted by atomic mass is 16.5. The number of hydrogen-bond donors (Lipinski definition) is 1. The van der Waals surface area contributed by atoms with E-state index in [0.717, 1.165) is 5.76 Å². The van der Waals surface area contributed by atoms with Crippen molar-refractivity contribution in [1.29, 1.82) is 0 Å². The number of carboxylic acids is 1. The molecule has 0 aliphatic carbocycles. The molecule has 0 amide bonds. The molecule has 1 heterocycles. The Bertz CT molecular complexity index is 352. The van der Waals surface area contributed by atoms with Crippen LogP contribution in [0.3, 0.4) is 0 Å². The predicted octanol–water partition coefficient (Wildman–Crippen LogP) is 2.93. The number of hydrogen-bond acceptors (Lipinski definition) is 3. The minimum atomic E-state index is -0.985. The number of ether oxygens (including phenoxy) is 1. The SMILES string of the molecule is CC.CO/C1=C/C=C\CC(C(=O)O)=N/C=C\C1. The zero-order valence-electron chi connectivity index (χ0n) is 10.5. The lowest BCUT2D eigenvalue weighted by Crippen LogP contribution is -2.11. The van der Waals surface area contributed by atoms with E-state index >= 15 is 0 Å². The third-order valence-electron chi connectivity index (χ3n) is 1.89. The molecule has 0 spiro atoms. The van der Waals surface area contributed by atoms with Crippen LogP contribution in [0, 0.1) is 0 Å². The number of aliphatic imine (C=N–C) groups is 1. The van der Waals surface area contributed by atoms with Crippen molar-refractivity contribution in [2.24, 2.45) is 4.99 Å². The van der Waals surface area contributed by atoms with Crippen LogP contribution in [0.2, 0.25) is 0 Å². The molecule has 0 bridgehead atoms. The normalized spacial score (nSPS) is 21.8. The monoisotopic (exact) mass is 237 g/mol. The van der Waals surface area contributed by atoms with Crippen LogP contribution in [-0.4, -0.2) is 23.9 Å². The minimum Gasteiger partial charge on any atom is -0.501 e. The number of methoxy groups -OCH3 is 1. The Hall–Kier alpha value is -1.84. The Morgan fingerprint density at radius 1 is 1.35 bits per heavy atom. The maximum absolute atomic E-state index is 10.7. The van der Waals surface area contributed by atoms with Crippen LogP contribution in [0.15, 0.2) is 41.3 Å². The minimum absolute atomic E-state index is 0.136. The van der Waals surface area contributed by atoms with E-state index in [9.17, 15) is 4.79 Å². The third-order valence-corrected chi connectivity index (χ3v) is 1.89. The second-order valence-electron chi connectivity index (χ2n) is 2.94. The van der Waals surface area contributed by atoms with E-state index < -0.39 is 5.97 Å². The Labute approximate surface area is 102 Å². The van der Waals surface area contributed by atoms with Crippen LogP contribution in [0.4, 0.5) is 0 Å². The fourth-order valence-corrected chi connectivity index (χ4v) is 1.08. The Balaban J connectivity index is 0.00000121. The van der Waals surface area contributed by atoms with Gasteiger partial charge in [-0.05, 0) is 6.08 Å². The molecule has 0 saturated heterocycles.